The first kappa shape index (κ1) is 13.0. The number of rotatable bonds is 4. The van der Waals surface area contributed by atoms with E-state index in [-0.39, 0.29) is 5.69 Å². The molecule has 0 radical (unpaired) electrons. The van der Waals surface area contributed by atoms with Crippen molar-refractivity contribution in [1.29, 1.82) is 0 Å². The number of likely N-dealkylation sites (N-methyl/N-ethyl adjacent to an activating group) is 1. The Balaban J connectivity index is 3.13. The zero-order chi connectivity index (χ0) is 13.2. The predicted molar refractivity (Wildman–Crippen MR) is 63.3 cm³/mol. The third kappa shape index (κ3) is 2.93. The fraction of sp³-hybridized carbons (Fsp3) is 0.364. The van der Waals surface area contributed by atoms with E-state index >= 15 is 0 Å². The Kier molecular flexibility index (Phi) is 3.67. The van der Waals surface area contributed by atoms with Crippen molar-refractivity contribution in [3.05, 3.63) is 33.9 Å². The third-order valence-electron chi connectivity index (χ3n) is 2.60. The van der Waals surface area contributed by atoms with Crippen LogP contribution in [0.5, 0.6) is 0 Å². The zero-order valence-corrected chi connectivity index (χ0v) is 9.88. The van der Waals surface area contributed by atoms with E-state index in [2.05, 4.69) is 0 Å². The minimum absolute atomic E-state index is 0.0376. The van der Waals surface area contributed by atoms with Gasteiger partial charge in [0.25, 0.3) is 5.69 Å². The zero-order valence-electron chi connectivity index (χ0n) is 9.88. The maximum Gasteiger partial charge on any atom is 0.326 e. The van der Waals surface area contributed by atoms with Crippen molar-refractivity contribution in [3.63, 3.8) is 0 Å². The highest BCUT2D eigenvalue weighted by Crippen LogP contribution is 2.24. The van der Waals surface area contributed by atoms with E-state index in [1.54, 1.807) is 20.0 Å². The Hall–Kier alpha value is -2.11. The molecule has 17 heavy (non-hydrogen) atoms. The maximum absolute atomic E-state index is 10.8. The van der Waals surface area contributed by atoms with E-state index in [0.29, 0.717) is 5.69 Å². The second-order valence-electron chi connectivity index (χ2n) is 3.91. The van der Waals surface area contributed by atoms with Crippen LogP contribution in [0, 0.1) is 17.0 Å². The molecule has 0 fully saturated rings. The van der Waals surface area contributed by atoms with Crippen molar-refractivity contribution in [2.45, 2.75) is 19.9 Å². The summed E-state index contributed by atoms with van der Waals surface area (Å²) in [6.45, 7) is 3.26. The summed E-state index contributed by atoms with van der Waals surface area (Å²) in [7, 11) is 1.59. The monoisotopic (exact) mass is 238 g/mol. The average Bonchev–Trinajstić information content (AvgIpc) is 2.25. The quantitative estimate of drug-likeness (QED) is 0.638. The lowest BCUT2D eigenvalue weighted by Crippen LogP contribution is -2.35. The summed E-state index contributed by atoms with van der Waals surface area (Å²) in [4.78, 5) is 22.5. The summed E-state index contributed by atoms with van der Waals surface area (Å²) < 4.78 is 0. The lowest BCUT2D eigenvalue weighted by atomic mass is 10.1. The summed E-state index contributed by atoms with van der Waals surface area (Å²) >= 11 is 0. The van der Waals surface area contributed by atoms with Gasteiger partial charge in [-0.1, -0.05) is 0 Å². The SMILES string of the molecule is Cc1cc(N(C)C(C)C(=O)O)cc([N+](=O)[O-])c1. The van der Waals surface area contributed by atoms with Gasteiger partial charge in [-0.2, -0.15) is 0 Å². The Morgan fingerprint density at radius 2 is 2.06 bits per heavy atom. The predicted octanol–water partition coefficient (Wildman–Crippen LogP) is 1.81. The number of hydrogen-bond donors (Lipinski definition) is 1. The third-order valence-corrected chi connectivity index (χ3v) is 2.60. The molecule has 0 saturated carbocycles. The van der Waals surface area contributed by atoms with Gasteiger partial charge in [0, 0.05) is 24.9 Å². The fourth-order valence-electron chi connectivity index (χ4n) is 1.44. The van der Waals surface area contributed by atoms with E-state index in [4.69, 9.17) is 5.11 Å². The highest BCUT2D eigenvalue weighted by molar-refractivity contribution is 5.77. The normalized spacial score (nSPS) is 11.9. The van der Waals surface area contributed by atoms with Gasteiger partial charge in [0.15, 0.2) is 0 Å². The molecule has 1 aromatic carbocycles. The van der Waals surface area contributed by atoms with E-state index in [1.807, 2.05) is 0 Å². The number of hydrogen-bond acceptors (Lipinski definition) is 4. The van der Waals surface area contributed by atoms with Crippen LogP contribution in [0.25, 0.3) is 0 Å². The van der Waals surface area contributed by atoms with Crippen molar-refractivity contribution in [2.75, 3.05) is 11.9 Å². The van der Waals surface area contributed by atoms with E-state index in [1.165, 1.54) is 24.0 Å². The average molecular weight is 238 g/mol. The summed E-state index contributed by atoms with van der Waals surface area (Å²) in [6, 6.07) is 3.79. The molecule has 0 heterocycles. The molecular formula is C11H14N2O4. The van der Waals surface area contributed by atoms with E-state index < -0.39 is 16.9 Å². The molecular weight excluding hydrogens is 224 g/mol. The highest BCUT2D eigenvalue weighted by Gasteiger charge is 2.19. The summed E-state index contributed by atoms with van der Waals surface area (Å²) in [5.74, 6) is -0.975. The number of anilines is 1. The van der Waals surface area contributed by atoms with Crippen molar-refractivity contribution >= 4 is 17.3 Å². The van der Waals surface area contributed by atoms with Gasteiger partial charge in [0.05, 0.1) is 4.92 Å². The van der Waals surface area contributed by atoms with Gasteiger partial charge >= 0.3 is 5.97 Å². The molecule has 0 aromatic heterocycles. The van der Waals surface area contributed by atoms with Gasteiger partial charge in [-0.15, -0.1) is 0 Å². The Bertz CT molecular complexity index is 459. The minimum atomic E-state index is -0.975. The molecule has 1 rings (SSSR count). The minimum Gasteiger partial charge on any atom is -0.480 e. The van der Waals surface area contributed by atoms with Crippen LogP contribution in [0.4, 0.5) is 11.4 Å². The van der Waals surface area contributed by atoms with Gasteiger partial charge in [-0.25, -0.2) is 4.79 Å². The summed E-state index contributed by atoms with van der Waals surface area (Å²) in [6.07, 6.45) is 0. The number of benzene rings is 1. The molecule has 0 aliphatic heterocycles. The molecule has 1 aromatic rings. The number of nitro benzene ring substituents is 1. The first-order valence-corrected chi connectivity index (χ1v) is 5.04. The van der Waals surface area contributed by atoms with Crippen LogP contribution in [0.2, 0.25) is 0 Å². The van der Waals surface area contributed by atoms with Crippen LogP contribution < -0.4 is 4.90 Å². The van der Waals surface area contributed by atoms with E-state index in [9.17, 15) is 14.9 Å². The summed E-state index contributed by atoms with van der Waals surface area (Å²) in [5, 5.41) is 19.6. The molecule has 0 amide bonds. The van der Waals surface area contributed by atoms with Crippen LogP contribution >= 0.6 is 0 Å². The van der Waals surface area contributed by atoms with Crippen LogP contribution in [0.1, 0.15) is 12.5 Å². The fourth-order valence-corrected chi connectivity index (χ4v) is 1.44. The summed E-state index contributed by atoms with van der Waals surface area (Å²) in [5.41, 5.74) is 1.20. The topological polar surface area (TPSA) is 83.7 Å². The standard InChI is InChI=1S/C11H14N2O4/c1-7-4-9(6-10(5-7)13(16)17)12(3)8(2)11(14)15/h4-6,8H,1-3H3,(H,14,15). The first-order chi connectivity index (χ1) is 7.82. The van der Waals surface area contributed by atoms with Crippen molar-refractivity contribution in [3.8, 4) is 0 Å². The number of aryl methyl sites for hydroxylation is 1. The van der Waals surface area contributed by atoms with Gasteiger partial charge in [-0.3, -0.25) is 10.1 Å². The number of carbonyl (C=O) groups is 1. The number of non-ortho nitro benzene ring substituents is 1. The lowest BCUT2D eigenvalue weighted by molar-refractivity contribution is -0.384. The Labute approximate surface area is 98.6 Å². The lowest BCUT2D eigenvalue weighted by Gasteiger charge is -2.23. The largest absolute Gasteiger partial charge is 0.480 e. The highest BCUT2D eigenvalue weighted by atomic mass is 16.6. The van der Waals surface area contributed by atoms with Crippen LogP contribution in [0.15, 0.2) is 18.2 Å². The molecule has 0 aliphatic rings. The van der Waals surface area contributed by atoms with Gasteiger partial charge in [0.2, 0.25) is 0 Å². The maximum atomic E-state index is 10.8. The second kappa shape index (κ2) is 4.82. The first-order valence-electron chi connectivity index (χ1n) is 5.04. The molecule has 0 aliphatic carbocycles. The molecule has 92 valence electrons. The van der Waals surface area contributed by atoms with Gasteiger partial charge < -0.3 is 10.0 Å². The molecule has 1 atom stereocenters. The van der Waals surface area contributed by atoms with Crippen LogP contribution in [-0.4, -0.2) is 29.1 Å². The molecule has 0 spiro atoms. The van der Waals surface area contributed by atoms with Crippen LogP contribution in [0.3, 0.4) is 0 Å². The Morgan fingerprint density at radius 1 is 1.47 bits per heavy atom. The smallest absolute Gasteiger partial charge is 0.326 e. The molecule has 0 bridgehead atoms. The molecule has 0 saturated heterocycles. The Morgan fingerprint density at radius 3 is 2.53 bits per heavy atom. The molecule has 1 N–H and O–H groups in total. The number of aliphatic carboxylic acids is 1. The van der Waals surface area contributed by atoms with Gasteiger partial charge in [-0.05, 0) is 25.5 Å². The van der Waals surface area contributed by atoms with Crippen molar-refractivity contribution in [1.82, 2.24) is 0 Å². The van der Waals surface area contributed by atoms with Crippen molar-refractivity contribution < 1.29 is 14.8 Å². The second-order valence-corrected chi connectivity index (χ2v) is 3.91. The number of nitrogens with zero attached hydrogens (tertiary/aromatic N) is 2. The molecule has 6 nitrogen and oxygen atoms in total. The molecule has 1 unspecified atom stereocenters. The van der Waals surface area contributed by atoms with Gasteiger partial charge in [0.1, 0.15) is 6.04 Å². The van der Waals surface area contributed by atoms with Crippen LogP contribution in [-0.2, 0) is 4.79 Å². The van der Waals surface area contributed by atoms with E-state index in [0.717, 1.165) is 5.56 Å². The number of carboxylic acid groups (broad SMARTS) is 1. The molecule has 6 heteroatoms. The number of carboxylic acids is 1. The number of nitro groups is 1. The van der Waals surface area contributed by atoms with Crippen molar-refractivity contribution in [2.24, 2.45) is 0 Å².